The van der Waals surface area contributed by atoms with Crippen molar-refractivity contribution in [3.63, 3.8) is 0 Å². The van der Waals surface area contributed by atoms with Gasteiger partial charge in [-0.25, -0.2) is 0 Å². The first-order valence-corrected chi connectivity index (χ1v) is 10.7. The molecule has 1 unspecified atom stereocenters. The Morgan fingerprint density at radius 3 is 2.87 bits per heavy atom. The maximum absolute atomic E-state index is 13.1. The van der Waals surface area contributed by atoms with Crippen molar-refractivity contribution in [1.82, 2.24) is 20.3 Å². The first kappa shape index (κ1) is 20.8. The highest BCUT2D eigenvalue weighted by molar-refractivity contribution is 6.06. The fraction of sp³-hybridized carbons (Fsp3) is 0.391. The van der Waals surface area contributed by atoms with E-state index in [1.807, 2.05) is 30.3 Å². The molecular formula is C23H27N5O3. The zero-order valence-electron chi connectivity index (χ0n) is 17.9. The summed E-state index contributed by atoms with van der Waals surface area (Å²) in [5, 5.41) is 11.1. The van der Waals surface area contributed by atoms with Crippen LogP contribution >= 0.6 is 0 Å². The van der Waals surface area contributed by atoms with Crippen LogP contribution in [0.3, 0.4) is 0 Å². The smallest absolute Gasteiger partial charge is 0.276 e. The summed E-state index contributed by atoms with van der Waals surface area (Å²) in [5.41, 5.74) is 2.47. The summed E-state index contributed by atoms with van der Waals surface area (Å²) < 4.78 is 5.27. The van der Waals surface area contributed by atoms with Gasteiger partial charge in [0.05, 0.1) is 17.5 Å². The normalized spacial score (nSPS) is 16.3. The first-order chi connectivity index (χ1) is 15.1. The lowest BCUT2D eigenvalue weighted by Gasteiger charge is -2.32. The predicted molar refractivity (Wildman–Crippen MR) is 116 cm³/mol. The maximum Gasteiger partial charge on any atom is 0.276 e. The molecule has 1 N–H and O–H groups in total. The van der Waals surface area contributed by atoms with Crippen molar-refractivity contribution in [3.8, 4) is 0 Å². The van der Waals surface area contributed by atoms with Gasteiger partial charge in [0, 0.05) is 44.2 Å². The molecule has 3 heterocycles. The Morgan fingerprint density at radius 2 is 2.10 bits per heavy atom. The second-order valence-corrected chi connectivity index (χ2v) is 7.92. The summed E-state index contributed by atoms with van der Waals surface area (Å²) >= 11 is 0. The zero-order chi connectivity index (χ0) is 21.8. The molecule has 1 aromatic carbocycles. The standard InChI is InChI=1S/C23H27N5O3/c1-3-8-18-13-20(26-31-18)23(30)28-12-7-9-16(15-28)21-19(14-24-25-21)22(29)27(2)17-10-5-4-6-11-17/h4-6,10-11,13-14,16H,3,7-9,12,15H2,1-2H3,(H,24,25). The molecule has 2 amide bonds. The molecule has 3 aromatic rings. The molecule has 1 aliphatic heterocycles. The number of carbonyl (C=O) groups excluding carboxylic acids is 2. The molecule has 8 heteroatoms. The molecule has 8 nitrogen and oxygen atoms in total. The summed E-state index contributed by atoms with van der Waals surface area (Å²) in [4.78, 5) is 29.5. The Kier molecular flexibility index (Phi) is 6.16. The van der Waals surface area contributed by atoms with Gasteiger partial charge in [0.15, 0.2) is 5.69 Å². The van der Waals surface area contributed by atoms with E-state index < -0.39 is 0 Å². The monoisotopic (exact) mass is 421 g/mol. The van der Waals surface area contributed by atoms with E-state index in [-0.39, 0.29) is 17.7 Å². The van der Waals surface area contributed by atoms with Gasteiger partial charge < -0.3 is 14.3 Å². The molecule has 0 radical (unpaired) electrons. The highest BCUT2D eigenvalue weighted by Gasteiger charge is 2.31. The number of amides is 2. The number of para-hydroxylation sites is 1. The minimum atomic E-state index is -0.135. The van der Waals surface area contributed by atoms with Crippen LogP contribution in [-0.4, -0.2) is 52.2 Å². The number of carbonyl (C=O) groups is 2. The molecule has 2 aromatic heterocycles. The molecule has 1 fully saturated rings. The van der Waals surface area contributed by atoms with Crippen LogP contribution in [0.4, 0.5) is 5.69 Å². The van der Waals surface area contributed by atoms with Crippen LogP contribution < -0.4 is 4.90 Å². The number of benzene rings is 1. The number of hydrogen-bond acceptors (Lipinski definition) is 5. The van der Waals surface area contributed by atoms with Crippen molar-refractivity contribution in [2.45, 2.75) is 38.5 Å². The van der Waals surface area contributed by atoms with E-state index in [0.29, 0.717) is 24.3 Å². The molecule has 1 saturated heterocycles. The summed E-state index contributed by atoms with van der Waals surface area (Å²) in [6.07, 6.45) is 4.99. The maximum atomic E-state index is 13.1. The third-order valence-electron chi connectivity index (χ3n) is 5.74. The highest BCUT2D eigenvalue weighted by Crippen LogP contribution is 2.30. The second-order valence-electron chi connectivity index (χ2n) is 7.92. The number of aromatic amines is 1. The summed E-state index contributed by atoms with van der Waals surface area (Å²) in [5.74, 6) is 0.471. The van der Waals surface area contributed by atoms with Crippen molar-refractivity contribution in [1.29, 1.82) is 0 Å². The predicted octanol–water partition coefficient (Wildman–Crippen LogP) is 3.65. The number of piperidine rings is 1. The molecule has 0 bridgehead atoms. The van der Waals surface area contributed by atoms with Gasteiger partial charge >= 0.3 is 0 Å². The molecule has 0 saturated carbocycles. The lowest BCUT2D eigenvalue weighted by molar-refractivity contribution is 0.0695. The number of nitrogens with zero attached hydrogens (tertiary/aromatic N) is 4. The van der Waals surface area contributed by atoms with E-state index >= 15 is 0 Å². The van der Waals surface area contributed by atoms with Crippen LogP contribution in [0.5, 0.6) is 0 Å². The van der Waals surface area contributed by atoms with Crippen molar-refractivity contribution < 1.29 is 14.1 Å². The molecule has 0 aliphatic carbocycles. The topological polar surface area (TPSA) is 95.3 Å². The number of hydrogen-bond donors (Lipinski definition) is 1. The Morgan fingerprint density at radius 1 is 1.29 bits per heavy atom. The SMILES string of the molecule is CCCc1cc(C(=O)N2CCCC(c3[nH]ncc3C(=O)N(C)c3ccccc3)C2)no1. The largest absolute Gasteiger partial charge is 0.361 e. The first-order valence-electron chi connectivity index (χ1n) is 10.7. The van der Waals surface area contributed by atoms with Crippen molar-refractivity contribution in [2.24, 2.45) is 0 Å². The molecule has 4 rings (SSSR count). The number of aromatic nitrogens is 3. The van der Waals surface area contributed by atoms with Gasteiger partial charge in [-0.1, -0.05) is 30.3 Å². The van der Waals surface area contributed by atoms with E-state index in [1.54, 1.807) is 29.1 Å². The third-order valence-corrected chi connectivity index (χ3v) is 5.74. The van der Waals surface area contributed by atoms with Gasteiger partial charge in [0.2, 0.25) is 0 Å². The van der Waals surface area contributed by atoms with Crippen molar-refractivity contribution in [3.05, 3.63) is 65.3 Å². The number of rotatable bonds is 6. The Balaban J connectivity index is 1.50. The van der Waals surface area contributed by atoms with E-state index in [9.17, 15) is 9.59 Å². The van der Waals surface area contributed by atoms with Gasteiger partial charge in [-0.2, -0.15) is 5.10 Å². The zero-order valence-corrected chi connectivity index (χ0v) is 17.9. The van der Waals surface area contributed by atoms with Gasteiger partial charge in [0.25, 0.3) is 11.8 Å². The van der Waals surface area contributed by atoms with Crippen LogP contribution in [0.15, 0.2) is 47.1 Å². The van der Waals surface area contributed by atoms with E-state index in [1.165, 1.54) is 0 Å². The highest BCUT2D eigenvalue weighted by atomic mass is 16.5. The fourth-order valence-electron chi connectivity index (χ4n) is 4.06. The molecule has 1 atom stereocenters. The van der Waals surface area contributed by atoms with Gasteiger partial charge in [-0.15, -0.1) is 0 Å². The van der Waals surface area contributed by atoms with Crippen molar-refractivity contribution >= 4 is 17.5 Å². The number of likely N-dealkylation sites (tertiary alicyclic amines) is 1. The third kappa shape index (κ3) is 4.38. The minimum Gasteiger partial charge on any atom is -0.361 e. The number of aryl methyl sites for hydroxylation is 1. The summed E-state index contributed by atoms with van der Waals surface area (Å²) in [6, 6.07) is 11.2. The van der Waals surface area contributed by atoms with Gasteiger partial charge in [-0.05, 0) is 31.4 Å². The fourth-order valence-corrected chi connectivity index (χ4v) is 4.06. The quantitative estimate of drug-likeness (QED) is 0.656. The molecular weight excluding hydrogens is 394 g/mol. The molecule has 162 valence electrons. The average Bonchev–Trinajstić information content (AvgIpc) is 3.48. The van der Waals surface area contributed by atoms with E-state index in [0.717, 1.165) is 42.8 Å². The van der Waals surface area contributed by atoms with Crippen LogP contribution in [-0.2, 0) is 6.42 Å². The van der Waals surface area contributed by atoms with Crippen LogP contribution in [0.2, 0.25) is 0 Å². The number of anilines is 1. The lowest BCUT2D eigenvalue weighted by Crippen LogP contribution is -2.40. The minimum absolute atomic E-state index is 0.00494. The summed E-state index contributed by atoms with van der Waals surface area (Å²) in [7, 11) is 1.75. The van der Waals surface area contributed by atoms with Crippen LogP contribution in [0.25, 0.3) is 0 Å². The average molecular weight is 422 g/mol. The lowest BCUT2D eigenvalue weighted by atomic mass is 9.92. The Hall–Kier alpha value is -3.42. The molecule has 0 spiro atoms. The van der Waals surface area contributed by atoms with Crippen LogP contribution in [0.1, 0.15) is 64.4 Å². The van der Waals surface area contributed by atoms with Crippen molar-refractivity contribution in [2.75, 3.05) is 25.0 Å². The second kappa shape index (κ2) is 9.16. The van der Waals surface area contributed by atoms with Crippen LogP contribution in [0, 0.1) is 0 Å². The Labute approximate surface area is 181 Å². The number of H-pyrrole nitrogens is 1. The number of nitrogens with one attached hydrogen (secondary N) is 1. The van der Waals surface area contributed by atoms with E-state index in [2.05, 4.69) is 22.3 Å². The van der Waals surface area contributed by atoms with Gasteiger partial charge in [0.1, 0.15) is 5.76 Å². The van der Waals surface area contributed by atoms with E-state index in [4.69, 9.17) is 4.52 Å². The molecule has 1 aliphatic rings. The molecule has 31 heavy (non-hydrogen) atoms. The Bertz CT molecular complexity index is 1040. The van der Waals surface area contributed by atoms with Gasteiger partial charge in [-0.3, -0.25) is 14.7 Å². The summed E-state index contributed by atoms with van der Waals surface area (Å²) in [6.45, 7) is 3.22.